The topological polar surface area (TPSA) is 87.7 Å². The summed E-state index contributed by atoms with van der Waals surface area (Å²) in [7, 11) is 0. The molecule has 2 aromatic rings. The third kappa shape index (κ3) is 4.55. The Morgan fingerprint density at radius 3 is 2.45 bits per heavy atom. The van der Waals surface area contributed by atoms with E-state index in [0.29, 0.717) is 17.1 Å². The molecule has 162 valence electrons. The van der Waals surface area contributed by atoms with E-state index in [0.717, 1.165) is 36.9 Å². The summed E-state index contributed by atoms with van der Waals surface area (Å²) in [6, 6.07) is 10.9. The van der Waals surface area contributed by atoms with Crippen molar-refractivity contribution in [2.24, 2.45) is 0 Å². The highest BCUT2D eigenvalue weighted by molar-refractivity contribution is 6.17. The second kappa shape index (κ2) is 8.06. The molecule has 0 saturated carbocycles. The summed E-state index contributed by atoms with van der Waals surface area (Å²) in [4.78, 5) is 38.9. The van der Waals surface area contributed by atoms with Crippen molar-refractivity contribution in [3.05, 3.63) is 47.5 Å². The lowest BCUT2D eigenvalue weighted by Gasteiger charge is -2.26. The SMILES string of the molecule is CC(C)(C)OC(=O)Nc1ccc(N2C(=O)CC(=O)Nc3c2ccc2c3CCCC2)cc1. The van der Waals surface area contributed by atoms with Crippen molar-refractivity contribution in [3.63, 3.8) is 0 Å². The predicted octanol–water partition coefficient (Wildman–Crippen LogP) is 4.92. The smallest absolute Gasteiger partial charge is 0.412 e. The summed E-state index contributed by atoms with van der Waals surface area (Å²) in [6.45, 7) is 5.39. The first-order valence-electron chi connectivity index (χ1n) is 10.6. The molecule has 0 saturated heterocycles. The molecular formula is C24H27N3O4. The van der Waals surface area contributed by atoms with Gasteiger partial charge in [0.05, 0.1) is 11.4 Å². The van der Waals surface area contributed by atoms with Gasteiger partial charge < -0.3 is 10.1 Å². The molecule has 1 aliphatic heterocycles. The minimum atomic E-state index is -0.592. The molecule has 1 heterocycles. The monoisotopic (exact) mass is 421 g/mol. The van der Waals surface area contributed by atoms with Gasteiger partial charge in [-0.05, 0) is 87.9 Å². The maximum atomic E-state index is 13.0. The maximum Gasteiger partial charge on any atom is 0.412 e. The van der Waals surface area contributed by atoms with Crippen LogP contribution in [0.25, 0.3) is 0 Å². The molecule has 1 aliphatic carbocycles. The number of nitrogens with zero attached hydrogens (tertiary/aromatic N) is 1. The molecule has 0 atom stereocenters. The van der Waals surface area contributed by atoms with Crippen LogP contribution in [0, 0.1) is 0 Å². The van der Waals surface area contributed by atoms with Gasteiger partial charge in [0, 0.05) is 11.4 Å². The van der Waals surface area contributed by atoms with E-state index in [9.17, 15) is 14.4 Å². The molecule has 2 N–H and O–H groups in total. The first-order valence-corrected chi connectivity index (χ1v) is 10.6. The van der Waals surface area contributed by atoms with Crippen LogP contribution in [0.1, 0.15) is 51.2 Å². The number of nitrogens with one attached hydrogen (secondary N) is 2. The third-order valence-electron chi connectivity index (χ3n) is 5.35. The highest BCUT2D eigenvalue weighted by atomic mass is 16.6. The first kappa shape index (κ1) is 20.9. The average Bonchev–Trinajstić information content (AvgIpc) is 2.82. The van der Waals surface area contributed by atoms with Crippen LogP contribution in [-0.4, -0.2) is 23.5 Å². The summed E-state index contributed by atoms with van der Waals surface area (Å²) in [5.74, 6) is -0.587. The van der Waals surface area contributed by atoms with Crippen molar-refractivity contribution in [1.29, 1.82) is 0 Å². The molecule has 0 unspecified atom stereocenters. The van der Waals surface area contributed by atoms with Crippen molar-refractivity contribution in [2.75, 3.05) is 15.5 Å². The van der Waals surface area contributed by atoms with Crippen LogP contribution in [0.3, 0.4) is 0 Å². The highest BCUT2D eigenvalue weighted by Gasteiger charge is 2.30. The molecule has 0 aromatic heterocycles. The van der Waals surface area contributed by atoms with Crippen LogP contribution >= 0.6 is 0 Å². The van der Waals surface area contributed by atoms with E-state index >= 15 is 0 Å². The summed E-state index contributed by atoms with van der Waals surface area (Å²) in [5.41, 5.74) is 4.38. The van der Waals surface area contributed by atoms with Gasteiger partial charge in [-0.25, -0.2) is 4.79 Å². The number of carbonyl (C=O) groups excluding carboxylic acids is 3. The van der Waals surface area contributed by atoms with Gasteiger partial charge in [0.25, 0.3) is 0 Å². The molecular weight excluding hydrogens is 394 g/mol. The van der Waals surface area contributed by atoms with Gasteiger partial charge in [0.2, 0.25) is 11.8 Å². The number of benzene rings is 2. The molecule has 31 heavy (non-hydrogen) atoms. The van der Waals surface area contributed by atoms with Crippen molar-refractivity contribution >= 4 is 40.7 Å². The van der Waals surface area contributed by atoms with E-state index in [1.807, 2.05) is 6.07 Å². The van der Waals surface area contributed by atoms with E-state index in [1.165, 1.54) is 5.56 Å². The fourth-order valence-electron chi connectivity index (χ4n) is 4.07. The zero-order valence-corrected chi connectivity index (χ0v) is 18.1. The summed E-state index contributed by atoms with van der Waals surface area (Å²) in [6.07, 6.45) is 3.31. The van der Waals surface area contributed by atoms with Gasteiger partial charge in [-0.1, -0.05) is 6.07 Å². The van der Waals surface area contributed by atoms with E-state index in [2.05, 4.69) is 16.7 Å². The van der Waals surface area contributed by atoms with Gasteiger partial charge in [0.15, 0.2) is 0 Å². The number of carbonyl (C=O) groups is 3. The molecule has 4 rings (SSSR count). The molecule has 0 fully saturated rings. The Morgan fingerprint density at radius 1 is 1.03 bits per heavy atom. The lowest BCUT2D eigenvalue weighted by Crippen LogP contribution is -2.27. The Balaban J connectivity index is 1.65. The minimum absolute atomic E-state index is 0.221. The number of amides is 3. The quantitative estimate of drug-likeness (QED) is 0.674. The summed E-state index contributed by atoms with van der Waals surface area (Å²) in [5, 5.41) is 5.65. The van der Waals surface area contributed by atoms with Crippen LogP contribution < -0.4 is 15.5 Å². The molecule has 0 bridgehead atoms. The van der Waals surface area contributed by atoms with Crippen molar-refractivity contribution in [2.45, 2.75) is 58.5 Å². The van der Waals surface area contributed by atoms with Gasteiger partial charge in [-0.3, -0.25) is 19.8 Å². The number of rotatable bonds is 2. The van der Waals surface area contributed by atoms with Crippen LogP contribution in [0.5, 0.6) is 0 Å². The van der Waals surface area contributed by atoms with Crippen molar-refractivity contribution in [3.8, 4) is 0 Å². The fraction of sp³-hybridized carbons (Fsp3) is 0.375. The summed E-state index contributed by atoms with van der Waals surface area (Å²) < 4.78 is 5.27. The normalized spacial score (nSPS) is 16.0. The van der Waals surface area contributed by atoms with Gasteiger partial charge in [-0.2, -0.15) is 0 Å². The fourth-order valence-corrected chi connectivity index (χ4v) is 4.07. The van der Waals surface area contributed by atoms with Gasteiger partial charge >= 0.3 is 6.09 Å². The molecule has 2 aliphatic rings. The van der Waals surface area contributed by atoms with E-state index in [1.54, 1.807) is 49.9 Å². The molecule has 7 nitrogen and oxygen atoms in total. The Bertz CT molecular complexity index is 1040. The minimum Gasteiger partial charge on any atom is -0.444 e. The Labute approximate surface area is 181 Å². The average molecular weight is 421 g/mol. The Hall–Kier alpha value is -3.35. The number of aryl methyl sites for hydroxylation is 1. The first-order chi connectivity index (χ1) is 14.7. The standard InChI is InChI=1S/C24H27N3O4/c1-24(2,3)31-23(30)25-16-9-11-17(12-10-16)27-19-13-8-15-6-4-5-7-18(15)22(19)26-20(28)14-21(27)29/h8-13H,4-7,14H2,1-3H3,(H,25,30)(H,26,28). The second-order valence-corrected chi connectivity index (χ2v) is 8.93. The van der Waals surface area contributed by atoms with Crippen molar-refractivity contribution < 1.29 is 19.1 Å². The van der Waals surface area contributed by atoms with Gasteiger partial charge in [0.1, 0.15) is 12.0 Å². The molecule has 2 aromatic carbocycles. The Kier molecular flexibility index (Phi) is 5.43. The van der Waals surface area contributed by atoms with E-state index in [-0.39, 0.29) is 18.2 Å². The number of ether oxygens (including phenoxy) is 1. The number of hydrogen-bond donors (Lipinski definition) is 2. The van der Waals surface area contributed by atoms with Crippen molar-refractivity contribution in [1.82, 2.24) is 0 Å². The molecule has 0 radical (unpaired) electrons. The van der Waals surface area contributed by atoms with Crippen LogP contribution in [0.4, 0.5) is 27.5 Å². The number of fused-ring (bicyclic) bond motifs is 3. The predicted molar refractivity (Wildman–Crippen MR) is 120 cm³/mol. The number of anilines is 4. The number of hydrogen-bond acceptors (Lipinski definition) is 4. The highest BCUT2D eigenvalue weighted by Crippen LogP contribution is 2.41. The lowest BCUT2D eigenvalue weighted by atomic mass is 9.89. The molecule has 0 spiro atoms. The van der Waals surface area contributed by atoms with E-state index in [4.69, 9.17) is 4.74 Å². The van der Waals surface area contributed by atoms with Crippen LogP contribution in [-0.2, 0) is 27.2 Å². The molecule has 3 amide bonds. The second-order valence-electron chi connectivity index (χ2n) is 8.93. The maximum absolute atomic E-state index is 13.0. The lowest BCUT2D eigenvalue weighted by molar-refractivity contribution is -0.124. The van der Waals surface area contributed by atoms with Gasteiger partial charge in [-0.15, -0.1) is 0 Å². The van der Waals surface area contributed by atoms with Crippen LogP contribution in [0.2, 0.25) is 0 Å². The zero-order valence-electron chi connectivity index (χ0n) is 18.1. The van der Waals surface area contributed by atoms with E-state index < -0.39 is 11.7 Å². The zero-order chi connectivity index (χ0) is 22.2. The largest absolute Gasteiger partial charge is 0.444 e. The summed E-state index contributed by atoms with van der Waals surface area (Å²) >= 11 is 0. The Morgan fingerprint density at radius 2 is 1.74 bits per heavy atom. The third-order valence-corrected chi connectivity index (χ3v) is 5.35. The van der Waals surface area contributed by atoms with Crippen LogP contribution in [0.15, 0.2) is 36.4 Å². The molecule has 7 heteroatoms.